The third kappa shape index (κ3) is 4.51. The van der Waals surface area contributed by atoms with Gasteiger partial charge in [0.25, 0.3) is 0 Å². The Bertz CT molecular complexity index is 1240. The molecule has 0 radical (unpaired) electrons. The lowest BCUT2D eigenvalue weighted by molar-refractivity contribution is 0.310. The summed E-state index contributed by atoms with van der Waals surface area (Å²) < 4.78 is 7.94. The molecule has 6 heteroatoms. The Morgan fingerprint density at radius 3 is 2.67 bits per heavy atom. The summed E-state index contributed by atoms with van der Waals surface area (Å²) in [5.41, 5.74) is 12.3. The highest BCUT2D eigenvalue weighted by Crippen LogP contribution is 2.29. The number of aromatic nitrogens is 2. The van der Waals surface area contributed by atoms with Crippen molar-refractivity contribution < 1.29 is 4.74 Å². The van der Waals surface area contributed by atoms with Gasteiger partial charge in [0.2, 0.25) is 0 Å². The number of aryl methyl sites for hydroxylation is 1. The minimum atomic E-state index is 0.242. The number of hydrogen-bond acceptors (Lipinski definition) is 3. The van der Waals surface area contributed by atoms with E-state index in [9.17, 15) is 0 Å². The first kappa shape index (κ1) is 19.3. The number of azide groups is 1. The van der Waals surface area contributed by atoms with Crippen molar-refractivity contribution in [3.05, 3.63) is 106 Å². The summed E-state index contributed by atoms with van der Waals surface area (Å²) in [6.07, 6.45) is 4.04. The SMILES string of the molecule is Cn1nc(CN=[N+]=[N-])cc1/C=C/c1cc(OCc2ccccc2)c2ccccc2c1. The molecule has 0 N–H and O–H groups in total. The van der Waals surface area contributed by atoms with Gasteiger partial charge in [0, 0.05) is 17.3 Å². The molecule has 0 bridgehead atoms. The lowest BCUT2D eigenvalue weighted by Gasteiger charge is -2.11. The maximum Gasteiger partial charge on any atom is 0.128 e. The summed E-state index contributed by atoms with van der Waals surface area (Å²) in [4.78, 5) is 2.79. The zero-order valence-electron chi connectivity index (χ0n) is 16.6. The molecule has 0 aliphatic heterocycles. The molecule has 0 fully saturated rings. The van der Waals surface area contributed by atoms with Crippen LogP contribution in [0, 0.1) is 0 Å². The van der Waals surface area contributed by atoms with Crippen molar-refractivity contribution >= 4 is 22.9 Å². The lowest BCUT2D eigenvalue weighted by Crippen LogP contribution is -1.96. The van der Waals surface area contributed by atoms with Gasteiger partial charge >= 0.3 is 0 Å². The van der Waals surface area contributed by atoms with E-state index in [0.29, 0.717) is 6.61 Å². The van der Waals surface area contributed by atoms with Gasteiger partial charge in [-0.05, 0) is 46.3 Å². The van der Waals surface area contributed by atoms with Crippen LogP contribution >= 0.6 is 0 Å². The fraction of sp³-hybridized carbons (Fsp3) is 0.125. The van der Waals surface area contributed by atoms with Crippen molar-refractivity contribution in [2.45, 2.75) is 13.2 Å². The van der Waals surface area contributed by atoms with E-state index in [2.05, 4.69) is 51.5 Å². The molecule has 0 aliphatic carbocycles. The Labute approximate surface area is 174 Å². The number of rotatable bonds is 7. The van der Waals surface area contributed by atoms with E-state index in [1.807, 2.05) is 55.6 Å². The lowest BCUT2D eigenvalue weighted by atomic mass is 10.1. The minimum absolute atomic E-state index is 0.242. The van der Waals surface area contributed by atoms with E-state index in [0.717, 1.165) is 39.0 Å². The van der Waals surface area contributed by atoms with Crippen molar-refractivity contribution in [3.8, 4) is 5.75 Å². The van der Waals surface area contributed by atoms with Crippen molar-refractivity contribution in [2.24, 2.45) is 12.2 Å². The standard InChI is InChI=1S/C24H21N5O/c1-29-22(15-21(27-29)16-26-28-25)12-11-19-13-20-9-5-6-10-23(20)24(14-19)30-17-18-7-3-2-4-8-18/h2-15H,16-17H2,1H3/b12-11+. The number of nitrogens with zero attached hydrogens (tertiary/aromatic N) is 5. The van der Waals surface area contributed by atoms with Gasteiger partial charge in [-0.2, -0.15) is 5.10 Å². The normalized spacial score (nSPS) is 11.0. The maximum atomic E-state index is 8.48. The van der Waals surface area contributed by atoms with Crippen LogP contribution in [-0.2, 0) is 20.2 Å². The van der Waals surface area contributed by atoms with E-state index < -0.39 is 0 Å². The molecule has 1 heterocycles. The molecular formula is C24H21N5O. The predicted molar refractivity (Wildman–Crippen MR) is 120 cm³/mol. The highest BCUT2D eigenvalue weighted by atomic mass is 16.5. The molecule has 148 valence electrons. The first-order valence-electron chi connectivity index (χ1n) is 9.64. The van der Waals surface area contributed by atoms with Crippen LogP contribution in [0.15, 0.2) is 77.9 Å². The van der Waals surface area contributed by atoms with Gasteiger partial charge in [-0.1, -0.05) is 65.8 Å². The molecule has 30 heavy (non-hydrogen) atoms. The van der Waals surface area contributed by atoms with E-state index in [-0.39, 0.29) is 6.54 Å². The average molecular weight is 395 g/mol. The zero-order chi connectivity index (χ0) is 20.8. The number of hydrogen-bond donors (Lipinski definition) is 0. The maximum absolute atomic E-state index is 8.48. The molecule has 6 nitrogen and oxygen atoms in total. The summed E-state index contributed by atoms with van der Waals surface area (Å²) in [5, 5.41) is 10.1. The van der Waals surface area contributed by atoms with Crippen molar-refractivity contribution in [3.63, 3.8) is 0 Å². The van der Waals surface area contributed by atoms with Gasteiger partial charge in [-0.25, -0.2) is 0 Å². The number of ether oxygens (including phenoxy) is 1. The van der Waals surface area contributed by atoms with E-state index >= 15 is 0 Å². The first-order chi connectivity index (χ1) is 14.7. The van der Waals surface area contributed by atoms with Gasteiger partial charge in [-0.3, -0.25) is 4.68 Å². The molecule has 0 aliphatic rings. The van der Waals surface area contributed by atoms with Crippen LogP contribution in [0.5, 0.6) is 5.75 Å². The fourth-order valence-electron chi connectivity index (χ4n) is 3.31. The molecule has 3 aromatic carbocycles. The van der Waals surface area contributed by atoms with Crippen LogP contribution in [0.2, 0.25) is 0 Å². The van der Waals surface area contributed by atoms with Gasteiger partial charge in [0.1, 0.15) is 12.4 Å². The third-order valence-corrected chi connectivity index (χ3v) is 4.79. The van der Waals surface area contributed by atoms with E-state index in [1.165, 1.54) is 0 Å². The molecule has 1 aromatic heterocycles. The summed E-state index contributed by atoms with van der Waals surface area (Å²) in [6, 6.07) is 24.5. The van der Waals surface area contributed by atoms with Gasteiger partial charge in [0.05, 0.1) is 17.9 Å². The van der Waals surface area contributed by atoms with Gasteiger partial charge < -0.3 is 4.74 Å². The van der Waals surface area contributed by atoms with Gasteiger partial charge in [-0.15, -0.1) is 0 Å². The third-order valence-electron chi connectivity index (χ3n) is 4.79. The monoisotopic (exact) mass is 395 g/mol. The molecular weight excluding hydrogens is 374 g/mol. The van der Waals surface area contributed by atoms with Crippen molar-refractivity contribution in [1.82, 2.24) is 9.78 Å². The molecule has 0 atom stereocenters. The fourth-order valence-corrected chi connectivity index (χ4v) is 3.31. The van der Waals surface area contributed by atoms with Crippen LogP contribution in [0.4, 0.5) is 0 Å². The molecule has 0 spiro atoms. The summed E-state index contributed by atoms with van der Waals surface area (Å²) >= 11 is 0. The Balaban J connectivity index is 1.62. The Hall–Kier alpha value is -4.02. The second-order valence-electron chi connectivity index (χ2n) is 6.92. The Morgan fingerprint density at radius 2 is 1.83 bits per heavy atom. The van der Waals surface area contributed by atoms with Crippen LogP contribution in [0.1, 0.15) is 22.5 Å². The highest BCUT2D eigenvalue weighted by Gasteiger charge is 2.06. The molecule has 0 saturated heterocycles. The largest absolute Gasteiger partial charge is 0.488 e. The van der Waals surface area contributed by atoms with Crippen LogP contribution in [0.25, 0.3) is 33.4 Å². The Morgan fingerprint density at radius 1 is 1.03 bits per heavy atom. The van der Waals surface area contributed by atoms with E-state index in [1.54, 1.807) is 4.68 Å². The van der Waals surface area contributed by atoms with Crippen molar-refractivity contribution in [2.75, 3.05) is 0 Å². The van der Waals surface area contributed by atoms with Gasteiger partial charge in [0.15, 0.2) is 0 Å². The zero-order valence-corrected chi connectivity index (χ0v) is 16.6. The minimum Gasteiger partial charge on any atom is -0.488 e. The van der Waals surface area contributed by atoms with Crippen LogP contribution in [0.3, 0.4) is 0 Å². The topological polar surface area (TPSA) is 75.8 Å². The quantitative estimate of drug-likeness (QED) is 0.214. The summed E-state index contributed by atoms with van der Waals surface area (Å²) in [7, 11) is 1.87. The van der Waals surface area contributed by atoms with Crippen molar-refractivity contribution in [1.29, 1.82) is 0 Å². The second kappa shape index (κ2) is 8.99. The smallest absolute Gasteiger partial charge is 0.128 e. The molecule has 0 amide bonds. The molecule has 0 unspecified atom stereocenters. The van der Waals surface area contributed by atoms with E-state index in [4.69, 9.17) is 10.3 Å². The molecule has 4 aromatic rings. The number of fused-ring (bicyclic) bond motifs is 1. The highest BCUT2D eigenvalue weighted by molar-refractivity contribution is 5.91. The van der Waals surface area contributed by atoms with Crippen LogP contribution in [-0.4, -0.2) is 9.78 Å². The molecule has 4 rings (SSSR count). The molecule has 0 saturated carbocycles. The summed E-state index contributed by atoms with van der Waals surface area (Å²) in [6.45, 7) is 0.758. The number of benzene rings is 3. The summed E-state index contributed by atoms with van der Waals surface area (Å²) in [5.74, 6) is 0.852. The second-order valence-corrected chi connectivity index (χ2v) is 6.92. The predicted octanol–water partition coefficient (Wildman–Crippen LogP) is 6.13. The average Bonchev–Trinajstić information content (AvgIpc) is 3.14. The Kier molecular flexibility index (Phi) is 5.78. The first-order valence-corrected chi connectivity index (χ1v) is 9.64. The van der Waals surface area contributed by atoms with Crippen LogP contribution < -0.4 is 4.74 Å².